The maximum Gasteiger partial charge on any atom is 0.258 e. The first-order valence-electron chi connectivity index (χ1n) is 7.41. The summed E-state index contributed by atoms with van der Waals surface area (Å²) < 4.78 is 0. The quantitative estimate of drug-likeness (QED) is 0.886. The summed E-state index contributed by atoms with van der Waals surface area (Å²) in [5.74, 6) is -0.193. The van der Waals surface area contributed by atoms with Crippen molar-refractivity contribution in [3.8, 4) is 0 Å². The number of hydrogen-bond donors (Lipinski definition) is 2. The zero-order valence-corrected chi connectivity index (χ0v) is 14.4. The molecule has 1 aliphatic heterocycles. The number of rotatable bonds is 4. The molecule has 23 heavy (non-hydrogen) atoms. The number of carbonyl (C=O) groups is 2. The van der Waals surface area contributed by atoms with Crippen molar-refractivity contribution in [1.82, 2.24) is 9.88 Å². The van der Waals surface area contributed by atoms with Crippen LogP contribution in [0, 0.1) is 6.92 Å². The van der Waals surface area contributed by atoms with Crippen LogP contribution in [-0.2, 0) is 4.79 Å². The Morgan fingerprint density at radius 1 is 1.52 bits per heavy atom. The van der Waals surface area contributed by atoms with Crippen molar-refractivity contribution in [3.05, 3.63) is 33.0 Å². The number of amides is 2. The smallest absolute Gasteiger partial charge is 0.258 e. The molecule has 0 radical (unpaired) electrons. The second kappa shape index (κ2) is 6.77. The van der Waals surface area contributed by atoms with Gasteiger partial charge in [-0.25, -0.2) is 4.98 Å². The molecule has 2 aromatic rings. The van der Waals surface area contributed by atoms with E-state index in [0.29, 0.717) is 10.7 Å². The molecule has 3 N–H and O–H groups in total. The van der Waals surface area contributed by atoms with Gasteiger partial charge in [-0.05, 0) is 25.8 Å². The van der Waals surface area contributed by atoms with Crippen LogP contribution in [0.15, 0.2) is 17.6 Å². The van der Waals surface area contributed by atoms with Crippen molar-refractivity contribution in [1.29, 1.82) is 0 Å². The normalized spacial score (nSPS) is 17.5. The molecule has 1 aliphatic rings. The van der Waals surface area contributed by atoms with Crippen molar-refractivity contribution in [3.63, 3.8) is 0 Å². The molecule has 122 valence electrons. The molecule has 0 saturated carbocycles. The number of anilines is 1. The number of aryl methyl sites for hydroxylation is 1. The molecule has 3 rings (SSSR count). The monoisotopic (exact) mass is 350 g/mol. The molecule has 0 spiro atoms. The molecule has 1 unspecified atom stereocenters. The summed E-state index contributed by atoms with van der Waals surface area (Å²) in [4.78, 5) is 32.2. The summed E-state index contributed by atoms with van der Waals surface area (Å²) in [6.45, 7) is 2.69. The van der Waals surface area contributed by atoms with Crippen LogP contribution in [0.1, 0.15) is 39.0 Å². The van der Waals surface area contributed by atoms with Crippen molar-refractivity contribution < 1.29 is 9.59 Å². The summed E-state index contributed by atoms with van der Waals surface area (Å²) in [6, 6.07) is 1.94. The summed E-state index contributed by atoms with van der Waals surface area (Å²) in [7, 11) is 0. The van der Waals surface area contributed by atoms with E-state index in [4.69, 9.17) is 5.73 Å². The molecule has 2 amide bonds. The first kappa shape index (κ1) is 16.1. The second-order valence-electron chi connectivity index (χ2n) is 5.36. The van der Waals surface area contributed by atoms with Crippen molar-refractivity contribution in [2.75, 3.05) is 18.4 Å². The maximum absolute atomic E-state index is 12.4. The van der Waals surface area contributed by atoms with Crippen molar-refractivity contribution in [2.45, 2.75) is 25.8 Å². The Kier molecular flexibility index (Phi) is 4.74. The molecule has 1 saturated heterocycles. The first-order valence-corrected chi connectivity index (χ1v) is 9.10. The molecule has 1 fully saturated rings. The lowest BCUT2D eigenvalue weighted by Crippen LogP contribution is -2.35. The van der Waals surface area contributed by atoms with Gasteiger partial charge >= 0.3 is 0 Å². The largest absolute Gasteiger partial charge is 0.334 e. The second-order valence-corrected chi connectivity index (χ2v) is 7.54. The van der Waals surface area contributed by atoms with Gasteiger partial charge < -0.3 is 10.6 Å². The highest BCUT2D eigenvalue weighted by Gasteiger charge is 2.31. The lowest BCUT2D eigenvalue weighted by Gasteiger charge is -2.23. The molecule has 3 heterocycles. The minimum absolute atomic E-state index is 0.0260. The number of nitrogens with one attached hydrogen (secondary N) is 1. The van der Waals surface area contributed by atoms with Gasteiger partial charge in [0.15, 0.2) is 5.13 Å². The van der Waals surface area contributed by atoms with Crippen molar-refractivity contribution >= 4 is 39.6 Å². The Labute approximate surface area is 142 Å². The van der Waals surface area contributed by atoms with Gasteiger partial charge in [0.1, 0.15) is 0 Å². The number of aromatic nitrogens is 1. The van der Waals surface area contributed by atoms with E-state index in [1.807, 2.05) is 23.3 Å². The van der Waals surface area contributed by atoms with E-state index in [2.05, 4.69) is 10.3 Å². The predicted molar refractivity (Wildman–Crippen MR) is 91.9 cm³/mol. The number of carbonyl (C=O) groups excluding carboxylic acids is 2. The first-order chi connectivity index (χ1) is 11.1. The van der Waals surface area contributed by atoms with Gasteiger partial charge in [-0.1, -0.05) is 0 Å². The van der Waals surface area contributed by atoms with E-state index in [1.165, 1.54) is 11.3 Å². The molecular formula is C15H18N4O2S2. The van der Waals surface area contributed by atoms with Crippen LogP contribution in [0.25, 0.3) is 0 Å². The van der Waals surface area contributed by atoms with E-state index in [9.17, 15) is 9.59 Å². The van der Waals surface area contributed by atoms with Gasteiger partial charge in [-0.2, -0.15) is 0 Å². The molecular weight excluding hydrogens is 332 g/mol. The average molecular weight is 350 g/mol. The predicted octanol–water partition coefficient (Wildman–Crippen LogP) is 2.39. The Morgan fingerprint density at radius 2 is 2.35 bits per heavy atom. The minimum atomic E-state index is -0.158. The van der Waals surface area contributed by atoms with Crippen LogP contribution in [0.5, 0.6) is 0 Å². The Bertz CT molecular complexity index is 711. The van der Waals surface area contributed by atoms with Crippen LogP contribution in [0.4, 0.5) is 5.13 Å². The standard InChI is InChI=1S/C15H18N4O2S2/c1-9-10(14(21)18-15-17-4-6-22-15)7-12(23-9)11-3-2-5-19(11)13(20)8-16/h4,6-7,11H,2-3,5,8,16H2,1H3,(H,17,18,21). The SMILES string of the molecule is Cc1sc(C2CCCN2C(=O)CN)cc1C(=O)Nc1nccs1. The van der Waals surface area contributed by atoms with Crippen molar-refractivity contribution in [2.24, 2.45) is 5.73 Å². The van der Waals surface area contributed by atoms with Crippen LogP contribution in [-0.4, -0.2) is 34.8 Å². The van der Waals surface area contributed by atoms with Crippen LogP contribution >= 0.6 is 22.7 Å². The summed E-state index contributed by atoms with van der Waals surface area (Å²) in [5, 5.41) is 5.20. The minimum Gasteiger partial charge on any atom is -0.334 e. The Morgan fingerprint density at radius 3 is 3.04 bits per heavy atom. The molecule has 8 heteroatoms. The highest BCUT2D eigenvalue weighted by molar-refractivity contribution is 7.14. The fraction of sp³-hybridized carbons (Fsp3) is 0.400. The highest BCUT2D eigenvalue weighted by Crippen LogP contribution is 2.37. The topological polar surface area (TPSA) is 88.3 Å². The number of hydrogen-bond acceptors (Lipinski definition) is 6. The third-order valence-electron chi connectivity index (χ3n) is 3.91. The maximum atomic E-state index is 12.4. The van der Waals surface area contributed by atoms with E-state index in [-0.39, 0.29) is 24.4 Å². The highest BCUT2D eigenvalue weighted by atomic mass is 32.1. The number of likely N-dealkylation sites (tertiary alicyclic amines) is 1. The van der Waals surface area contributed by atoms with Gasteiger partial charge in [0.2, 0.25) is 5.91 Å². The third-order valence-corrected chi connectivity index (χ3v) is 5.75. The van der Waals surface area contributed by atoms with E-state index < -0.39 is 0 Å². The lowest BCUT2D eigenvalue weighted by atomic mass is 10.1. The molecule has 2 aromatic heterocycles. The molecule has 0 aliphatic carbocycles. The van der Waals surface area contributed by atoms with Gasteiger partial charge in [0.25, 0.3) is 5.91 Å². The molecule has 6 nitrogen and oxygen atoms in total. The number of thiophene rings is 1. The number of nitrogens with zero attached hydrogens (tertiary/aromatic N) is 2. The van der Waals surface area contributed by atoms with Gasteiger partial charge in [-0.15, -0.1) is 22.7 Å². The lowest BCUT2D eigenvalue weighted by molar-refractivity contribution is -0.130. The van der Waals surface area contributed by atoms with E-state index in [0.717, 1.165) is 29.1 Å². The van der Waals surface area contributed by atoms with Crippen LogP contribution < -0.4 is 11.1 Å². The summed E-state index contributed by atoms with van der Waals surface area (Å²) in [5.41, 5.74) is 6.14. The number of thiazole rings is 1. The molecule has 0 bridgehead atoms. The zero-order valence-electron chi connectivity index (χ0n) is 12.7. The molecule has 1 atom stereocenters. The summed E-state index contributed by atoms with van der Waals surface area (Å²) in [6.07, 6.45) is 3.54. The van der Waals surface area contributed by atoms with E-state index >= 15 is 0 Å². The van der Waals surface area contributed by atoms with Gasteiger partial charge in [-0.3, -0.25) is 14.9 Å². The van der Waals surface area contributed by atoms with Crippen LogP contribution in [0.2, 0.25) is 0 Å². The third kappa shape index (κ3) is 3.29. The average Bonchev–Trinajstić information content (AvgIpc) is 3.25. The number of nitrogens with two attached hydrogens (primary N) is 1. The fourth-order valence-electron chi connectivity index (χ4n) is 2.82. The Hall–Kier alpha value is -1.77. The van der Waals surface area contributed by atoms with E-state index in [1.54, 1.807) is 17.5 Å². The van der Waals surface area contributed by atoms with Gasteiger partial charge in [0, 0.05) is 27.9 Å². The molecule has 0 aromatic carbocycles. The Balaban J connectivity index is 1.80. The zero-order chi connectivity index (χ0) is 16.4. The van der Waals surface area contributed by atoms with Gasteiger partial charge in [0.05, 0.1) is 18.2 Å². The van der Waals surface area contributed by atoms with Crippen LogP contribution in [0.3, 0.4) is 0 Å². The summed E-state index contributed by atoms with van der Waals surface area (Å²) >= 11 is 2.96. The fourth-order valence-corrected chi connectivity index (χ4v) is 4.52.